The maximum Gasteiger partial charge on any atom is 0.243 e. The van der Waals surface area contributed by atoms with Crippen LogP contribution in [0.5, 0.6) is 0 Å². The molecule has 1 heterocycles. The zero-order chi connectivity index (χ0) is 14.8. The molecular formula is C14H22N2O3S. The van der Waals surface area contributed by atoms with E-state index in [1.54, 1.807) is 25.1 Å². The molecule has 1 aliphatic rings. The first-order chi connectivity index (χ1) is 9.46. The van der Waals surface area contributed by atoms with Crippen molar-refractivity contribution >= 4 is 15.7 Å². The fourth-order valence-electron chi connectivity index (χ4n) is 2.46. The lowest BCUT2D eigenvalue weighted by molar-refractivity contribution is 0.0946. The second-order valence-corrected chi connectivity index (χ2v) is 6.97. The van der Waals surface area contributed by atoms with Crippen LogP contribution in [-0.4, -0.2) is 38.5 Å². The molecule has 0 radical (unpaired) electrons. The van der Waals surface area contributed by atoms with E-state index in [0.717, 1.165) is 19.4 Å². The van der Waals surface area contributed by atoms with E-state index in [4.69, 9.17) is 10.5 Å². The first-order valence-electron chi connectivity index (χ1n) is 6.93. The molecule has 0 saturated carbocycles. The highest BCUT2D eigenvalue weighted by molar-refractivity contribution is 7.89. The predicted octanol–water partition coefficient (Wildman–Crippen LogP) is 1.77. The van der Waals surface area contributed by atoms with Crippen LogP contribution in [0.25, 0.3) is 0 Å². The van der Waals surface area contributed by atoms with E-state index in [1.165, 1.54) is 4.31 Å². The van der Waals surface area contributed by atoms with Crippen LogP contribution in [0.15, 0.2) is 23.1 Å². The number of nitrogen functional groups attached to an aromatic ring is 1. The van der Waals surface area contributed by atoms with Gasteiger partial charge in [0.2, 0.25) is 10.0 Å². The summed E-state index contributed by atoms with van der Waals surface area (Å²) in [4.78, 5) is 0.289. The zero-order valence-electron chi connectivity index (χ0n) is 12.0. The molecule has 1 aromatic rings. The SMILES string of the molecule is CCN(CC1CCCO1)S(=O)(=O)c1cccc(N)c1C. The van der Waals surface area contributed by atoms with Crippen LogP contribution in [0.2, 0.25) is 0 Å². The summed E-state index contributed by atoms with van der Waals surface area (Å²) in [5.74, 6) is 0. The van der Waals surface area contributed by atoms with Crippen LogP contribution in [0, 0.1) is 6.92 Å². The Morgan fingerprint density at radius 3 is 2.80 bits per heavy atom. The van der Waals surface area contributed by atoms with E-state index in [0.29, 0.717) is 24.3 Å². The number of nitrogens with two attached hydrogens (primary N) is 1. The van der Waals surface area contributed by atoms with E-state index < -0.39 is 10.0 Å². The summed E-state index contributed by atoms with van der Waals surface area (Å²) in [5.41, 5.74) is 6.92. The van der Waals surface area contributed by atoms with Crippen LogP contribution in [0.1, 0.15) is 25.3 Å². The smallest absolute Gasteiger partial charge is 0.243 e. The lowest BCUT2D eigenvalue weighted by Crippen LogP contribution is -2.37. The van der Waals surface area contributed by atoms with E-state index >= 15 is 0 Å². The molecule has 6 heteroatoms. The number of sulfonamides is 1. The molecule has 1 aromatic carbocycles. The largest absolute Gasteiger partial charge is 0.398 e. The van der Waals surface area contributed by atoms with Crippen LogP contribution in [0.3, 0.4) is 0 Å². The molecular weight excluding hydrogens is 276 g/mol. The third-order valence-electron chi connectivity index (χ3n) is 3.73. The third kappa shape index (κ3) is 2.97. The standard InChI is InChI=1S/C14H22N2O3S/c1-3-16(10-12-6-5-9-19-12)20(17,18)14-8-4-7-13(15)11(14)2/h4,7-8,12H,3,5-6,9-10,15H2,1-2H3. The van der Waals surface area contributed by atoms with E-state index in [9.17, 15) is 8.42 Å². The van der Waals surface area contributed by atoms with E-state index in [1.807, 2.05) is 6.92 Å². The van der Waals surface area contributed by atoms with Crippen molar-refractivity contribution in [1.82, 2.24) is 4.31 Å². The highest BCUT2D eigenvalue weighted by Crippen LogP contribution is 2.25. The Kier molecular flexibility index (Phi) is 4.67. The van der Waals surface area contributed by atoms with Gasteiger partial charge in [-0.3, -0.25) is 0 Å². The molecule has 0 spiro atoms. The molecule has 0 aliphatic carbocycles. The first-order valence-corrected chi connectivity index (χ1v) is 8.37. The van der Waals surface area contributed by atoms with Crippen molar-refractivity contribution in [3.05, 3.63) is 23.8 Å². The average molecular weight is 298 g/mol. The van der Waals surface area contributed by atoms with Crippen molar-refractivity contribution < 1.29 is 13.2 Å². The van der Waals surface area contributed by atoms with Crippen molar-refractivity contribution in [2.24, 2.45) is 0 Å². The summed E-state index contributed by atoms with van der Waals surface area (Å²) in [6.45, 7) is 5.14. The Morgan fingerprint density at radius 2 is 2.20 bits per heavy atom. The zero-order valence-corrected chi connectivity index (χ0v) is 12.8. The number of anilines is 1. The number of rotatable bonds is 5. The fourth-order valence-corrected chi connectivity index (χ4v) is 4.20. The molecule has 0 amide bonds. The maximum absolute atomic E-state index is 12.7. The molecule has 112 valence electrons. The fraction of sp³-hybridized carbons (Fsp3) is 0.571. The van der Waals surface area contributed by atoms with Crippen LogP contribution >= 0.6 is 0 Å². The Balaban J connectivity index is 2.28. The molecule has 1 atom stereocenters. The summed E-state index contributed by atoms with van der Waals surface area (Å²) in [6.07, 6.45) is 1.92. The molecule has 5 nitrogen and oxygen atoms in total. The lowest BCUT2D eigenvalue weighted by Gasteiger charge is -2.24. The Labute approximate surface area is 120 Å². The van der Waals surface area contributed by atoms with Crippen LogP contribution < -0.4 is 5.73 Å². The third-order valence-corrected chi connectivity index (χ3v) is 5.81. The minimum Gasteiger partial charge on any atom is -0.398 e. The summed E-state index contributed by atoms with van der Waals surface area (Å²) < 4.78 is 32.5. The summed E-state index contributed by atoms with van der Waals surface area (Å²) in [6, 6.07) is 5.00. The van der Waals surface area contributed by atoms with Crippen molar-refractivity contribution in [1.29, 1.82) is 0 Å². The van der Waals surface area contributed by atoms with E-state index in [2.05, 4.69) is 0 Å². The van der Waals surface area contributed by atoms with Gasteiger partial charge in [-0.05, 0) is 37.5 Å². The van der Waals surface area contributed by atoms with Gasteiger partial charge in [0, 0.05) is 25.4 Å². The molecule has 2 N–H and O–H groups in total. The van der Waals surface area contributed by atoms with Gasteiger partial charge in [-0.1, -0.05) is 13.0 Å². The lowest BCUT2D eigenvalue weighted by atomic mass is 10.2. The van der Waals surface area contributed by atoms with Gasteiger partial charge in [-0.25, -0.2) is 8.42 Å². The van der Waals surface area contributed by atoms with Gasteiger partial charge in [0.05, 0.1) is 11.0 Å². The second-order valence-electron chi connectivity index (χ2n) is 5.06. The monoisotopic (exact) mass is 298 g/mol. The summed E-state index contributed by atoms with van der Waals surface area (Å²) in [7, 11) is -3.52. The highest BCUT2D eigenvalue weighted by atomic mass is 32.2. The molecule has 20 heavy (non-hydrogen) atoms. The Bertz CT molecular complexity index is 566. The number of hydrogen-bond donors (Lipinski definition) is 1. The number of hydrogen-bond acceptors (Lipinski definition) is 4. The second kappa shape index (κ2) is 6.11. The maximum atomic E-state index is 12.7. The number of benzene rings is 1. The van der Waals surface area contributed by atoms with Gasteiger partial charge in [0.25, 0.3) is 0 Å². The average Bonchev–Trinajstić information content (AvgIpc) is 2.91. The molecule has 1 saturated heterocycles. The highest BCUT2D eigenvalue weighted by Gasteiger charge is 2.29. The molecule has 1 aliphatic heterocycles. The van der Waals surface area contributed by atoms with Crippen molar-refractivity contribution in [3.8, 4) is 0 Å². The van der Waals surface area contributed by atoms with Crippen molar-refractivity contribution in [2.75, 3.05) is 25.4 Å². The van der Waals surface area contributed by atoms with Gasteiger partial charge < -0.3 is 10.5 Å². The molecule has 1 fully saturated rings. The van der Waals surface area contributed by atoms with Gasteiger partial charge in [0.1, 0.15) is 0 Å². The molecule has 2 rings (SSSR count). The minimum absolute atomic E-state index is 0.00564. The number of ether oxygens (including phenoxy) is 1. The summed E-state index contributed by atoms with van der Waals surface area (Å²) in [5, 5.41) is 0. The molecule has 0 bridgehead atoms. The van der Waals surface area contributed by atoms with Gasteiger partial charge >= 0.3 is 0 Å². The number of nitrogens with zero attached hydrogens (tertiary/aromatic N) is 1. The predicted molar refractivity (Wildman–Crippen MR) is 79.0 cm³/mol. The van der Waals surface area contributed by atoms with Gasteiger partial charge in [-0.15, -0.1) is 0 Å². The van der Waals surface area contributed by atoms with Crippen molar-refractivity contribution in [3.63, 3.8) is 0 Å². The quantitative estimate of drug-likeness (QED) is 0.841. The first kappa shape index (κ1) is 15.3. The van der Waals surface area contributed by atoms with Crippen LogP contribution in [0.4, 0.5) is 5.69 Å². The van der Waals surface area contributed by atoms with E-state index in [-0.39, 0.29) is 11.0 Å². The van der Waals surface area contributed by atoms with Gasteiger partial charge in [0.15, 0.2) is 0 Å². The molecule has 1 unspecified atom stereocenters. The topological polar surface area (TPSA) is 72.6 Å². The number of likely N-dealkylation sites (N-methyl/N-ethyl adjacent to an activating group) is 1. The Morgan fingerprint density at radius 1 is 1.45 bits per heavy atom. The summed E-state index contributed by atoms with van der Waals surface area (Å²) >= 11 is 0. The molecule has 0 aromatic heterocycles. The van der Waals surface area contributed by atoms with Gasteiger partial charge in [-0.2, -0.15) is 4.31 Å². The van der Waals surface area contributed by atoms with Crippen molar-refractivity contribution in [2.45, 2.75) is 37.7 Å². The normalized spacial score (nSPS) is 19.6. The van der Waals surface area contributed by atoms with Crippen LogP contribution in [-0.2, 0) is 14.8 Å². The minimum atomic E-state index is -3.52. The Hall–Kier alpha value is -1.11.